The van der Waals surface area contributed by atoms with E-state index >= 15 is 0 Å². The van der Waals surface area contributed by atoms with E-state index in [1.165, 1.54) is 59.2 Å². The van der Waals surface area contributed by atoms with Crippen molar-refractivity contribution >= 4 is 36.7 Å². The molecule has 0 aliphatic carbocycles. The van der Waals surface area contributed by atoms with E-state index in [4.69, 9.17) is 29.2 Å². The number of benzene rings is 1. The van der Waals surface area contributed by atoms with Gasteiger partial charge in [0, 0.05) is 31.6 Å². The molecule has 5 rings (SSSR count). The van der Waals surface area contributed by atoms with Crippen LogP contribution in [0.5, 0.6) is 0 Å². The SMILES string of the molecule is CO[C@H]1C(OC(=O)OC(C)(C)c2ccc([N+](=O)[O-])cc2)[C@@H](COP(=O)(O)n2ccnc2)O[C@H]1[n+]1cn(C)c2c(=O)[nH]c(N)nc21. The summed E-state index contributed by atoms with van der Waals surface area (Å²) in [6, 6.07) is 5.44. The molecular formula is C25H30N8O11P+. The van der Waals surface area contributed by atoms with E-state index in [9.17, 15) is 29.2 Å². The number of H-pyrrole nitrogens is 1. The number of nitrogens with zero attached hydrogens (tertiary/aromatic N) is 6. The second kappa shape index (κ2) is 12.0. The van der Waals surface area contributed by atoms with Crippen molar-refractivity contribution < 1.29 is 47.2 Å². The van der Waals surface area contributed by atoms with Crippen LogP contribution >= 0.6 is 7.75 Å². The molecule has 0 bridgehead atoms. The van der Waals surface area contributed by atoms with Crippen molar-refractivity contribution in [2.45, 2.75) is 44.0 Å². The summed E-state index contributed by atoms with van der Waals surface area (Å²) >= 11 is 0. The summed E-state index contributed by atoms with van der Waals surface area (Å²) < 4.78 is 45.2. The predicted molar refractivity (Wildman–Crippen MR) is 152 cm³/mol. The fourth-order valence-electron chi connectivity index (χ4n) is 4.94. The van der Waals surface area contributed by atoms with Gasteiger partial charge in [-0.25, -0.2) is 23.2 Å². The molecule has 4 heterocycles. The van der Waals surface area contributed by atoms with Crippen LogP contribution in [0.15, 0.2) is 54.1 Å². The van der Waals surface area contributed by atoms with Crippen LogP contribution in [0.2, 0.25) is 0 Å². The summed E-state index contributed by atoms with van der Waals surface area (Å²) in [5.74, 6) is -0.161. The average molecular weight is 650 g/mol. The fourth-order valence-corrected chi connectivity index (χ4v) is 5.83. The van der Waals surface area contributed by atoms with Gasteiger partial charge in [0.25, 0.3) is 17.2 Å². The molecule has 1 aliphatic rings. The van der Waals surface area contributed by atoms with E-state index in [0.29, 0.717) is 5.56 Å². The summed E-state index contributed by atoms with van der Waals surface area (Å²) in [7, 11) is -1.51. The van der Waals surface area contributed by atoms with E-state index < -0.39 is 61.1 Å². The number of fused-ring (bicyclic) bond motifs is 1. The predicted octanol–water partition coefficient (Wildman–Crippen LogP) is 1.27. The largest absolute Gasteiger partial charge is 0.509 e. The van der Waals surface area contributed by atoms with Gasteiger partial charge in [0.05, 0.1) is 18.6 Å². The quantitative estimate of drug-likeness (QED) is 0.0721. The maximum atomic E-state index is 13.2. The van der Waals surface area contributed by atoms with Gasteiger partial charge in [-0.2, -0.15) is 0 Å². The molecule has 20 heteroatoms. The minimum Gasteiger partial charge on any atom is -0.425 e. The number of carbonyl (C=O) groups is 1. The summed E-state index contributed by atoms with van der Waals surface area (Å²) in [6.07, 6.45) is -0.715. The second-order valence-electron chi connectivity index (χ2n) is 10.5. The molecule has 5 atom stereocenters. The van der Waals surface area contributed by atoms with Crippen molar-refractivity contribution in [3.63, 3.8) is 0 Å². The van der Waals surface area contributed by atoms with Crippen molar-refractivity contribution in [3.05, 3.63) is 75.3 Å². The topological polar surface area (TPSA) is 242 Å². The van der Waals surface area contributed by atoms with Gasteiger partial charge in [-0.1, -0.05) is 4.98 Å². The Morgan fingerprint density at radius 2 is 2.02 bits per heavy atom. The molecule has 1 aromatic carbocycles. The fraction of sp³-hybridized carbons (Fsp3) is 0.400. The van der Waals surface area contributed by atoms with Gasteiger partial charge >= 0.3 is 19.5 Å². The lowest BCUT2D eigenvalue weighted by molar-refractivity contribution is -0.746. The number of nitrogens with two attached hydrogens (primary N) is 1. The number of hydrogen-bond acceptors (Lipinski definition) is 13. The first-order chi connectivity index (χ1) is 21.2. The molecule has 3 aromatic heterocycles. The summed E-state index contributed by atoms with van der Waals surface area (Å²) in [6.45, 7) is 2.56. The molecule has 0 saturated carbocycles. The van der Waals surface area contributed by atoms with E-state index in [-0.39, 0.29) is 22.8 Å². The lowest BCUT2D eigenvalue weighted by Gasteiger charge is -2.28. The first-order valence-corrected chi connectivity index (χ1v) is 14.8. The zero-order chi connectivity index (χ0) is 32.7. The first kappa shape index (κ1) is 31.7. The number of ether oxygens (including phenoxy) is 4. The Balaban J connectivity index is 1.44. The second-order valence-corrected chi connectivity index (χ2v) is 12.2. The molecule has 1 aliphatic heterocycles. The highest BCUT2D eigenvalue weighted by Gasteiger charge is 2.52. The Labute approximate surface area is 253 Å². The molecule has 0 radical (unpaired) electrons. The third-order valence-electron chi connectivity index (χ3n) is 7.15. The normalized spacial score (nSPS) is 21.4. The smallest absolute Gasteiger partial charge is 0.425 e. The third kappa shape index (κ3) is 6.29. The van der Waals surface area contributed by atoms with Gasteiger partial charge in [-0.05, 0) is 31.5 Å². The summed E-state index contributed by atoms with van der Waals surface area (Å²) in [5, 5.41) is 11.0. The van der Waals surface area contributed by atoms with Crippen LogP contribution in [0.4, 0.5) is 16.4 Å². The highest BCUT2D eigenvalue weighted by Crippen LogP contribution is 2.44. The van der Waals surface area contributed by atoms with E-state index in [0.717, 1.165) is 10.7 Å². The van der Waals surface area contributed by atoms with Crippen LogP contribution in [0.3, 0.4) is 0 Å². The van der Waals surface area contributed by atoms with Crippen LogP contribution < -0.4 is 15.9 Å². The van der Waals surface area contributed by atoms with Crippen LogP contribution in [0, 0.1) is 10.1 Å². The number of rotatable bonds is 10. The standard InChI is InChI=1S/C25H29N8O11P/c1-25(2,14-5-7-15(8-6-14)33(36)37)44-24(35)43-18-16(11-41-45(38,39)31-10-9-27-12-31)42-22(19(18)40-4)32-13-30(3)17-20(32)28-23(26)29-21(17)34/h5-10,12-13,16,18-19,22H,11H2,1-4H3,(H3-,26,28,29,34,38,39)/p+1/t16-,18?,19+,22-/m1/s1. The number of nitrogens with one attached hydrogen (secondary N) is 1. The summed E-state index contributed by atoms with van der Waals surface area (Å²) in [5.41, 5.74) is 4.56. The third-order valence-corrected chi connectivity index (χ3v) is 8.46. The number of non-ortho nitro benzene ring substituents is 1. The molecule has 1 saturated heterocycles. The van der Waals surface area contributed by atoms with Crippen molar-refractivity contribution in [1.29, 1.82) is 0 Å². The maximum absolute atomic E-state index is 13.2. The van der Waals surface area contributed by atoms with Crippen LogP contribution in [0.25, 0.3) is 11.2 Å². The van der Waals surface area contributed by atoms with Gasteiger partial charge in [0.1, 0.15) is 18.0 Å². The zero-order valence-corrected chi connectivity index (χ0v) is 25.3. The number of aromatic amines is 1. The number of anilines is 1. The molecule has 1 fully saturated rings. The molecule has 0 spiro atoms. The van der Waals surface area contributed by atoms with E-state index in [1.54, 1.807) is 20.9 Å². The van der Waals surface area contributed by atoms with Crippen LogP contribution in [0.1, 0.15) is 25.6 Å². The van der Waals surface area contributed by atoms with Gasteiger partial charge in [-0.15, -0.1) is 0 Å². The van der Waals surface area contributed by atoms with Gasteiger partial charge in [0.2, 0.25) is 11.7 Å². The number of hydrogen-bond donors (Lipinski definition) is 3. The molecule has 0 amide bonds. The average Bonchev–Trinajstić information content (AvgIpc) is 3.70. The Bertz CT molecular complexity index is 1820. The monoisotopic (exact) mass is 649 g/mol. The highest BCUT2D eigenvalue weighted by molar-refractivity contribution is 7.51. The molecule has 45 heavy (non-hydrogen) atoms. The van der Waals surface area contributed by atoms with Crippen molar-refractivity contribution in [1.82, 2.24) is 23.9 Å². The number of nitro benzene ring substituents is 1. The molecule has 240 valence electrons. The van der Waals surface area contributed by atoms with Crippen molar-refractivity contribution in [2.75, 3.05) is 19.5 Å². The molecule has 4 aromatic rings. The lowest BCUT2D eigenvalue weighted by Crippen LogP contribution is -2.48. The van der Waals surface area contributed by atoms with Gasteiger partial charge in [-0.3, -0.25) is 29.0 Å². The highest BCUT2D eigenvalue weighted by atomic mass is 31.2. The molecule has 4 N–H and O–H groups in total. The Morgan fingerprint density at radius 3 is 2.64 bits per heavy atom. The van der Waals surface area contributed by atoms with Gasteiger partial charge in [0.15, 0.2) is 18.5 Å². The van der Waals surface area contributed by atoms with E-state index in [2.05, 4.69) is 15.0 Å². The van der Waals surface area contributed by atoms with Crippen molar-refractivity contribution in [3.8, 4) is 0 Å². The minimum atomic E-state index is -4.43. The minimum absolute atomic E-state index is 0.124. The van der Waals surface area contributed by atoms with Crippen molar-refractivity contribution in [2.24, 2.45) is 7.05 Å². The Kier molecular flexibility index (Phi) is 8.47. The van der Waals surface area contributed by atoms with E-state index in [1.807, 2.05) is 0 Å². The number of nitro groups is 1. The number of imidazole rings is 2. The Hall–Kier alpha value is -4.68. The number of carbonyl (C=O) groups excluding carboxylic acids is 1. The maximum Gasteiger partial charge on any atom is 0.509 e. The number of nitrogen functional groups attached to an aromatic ring is 1. The number of aryl methyl sites for hydroxylation is 1. The number of aromatic nitrogens is 6. The van der Waals surface area contributed by atoms with Gasteiger partial charge < -0.3 is 29.6 Å². The number of methoxy groups -OCH3 is 1. The van der Waals surface area contributed by atoms with Crippen LogP contribution in [-0.4, -0.2) is 71.9 Å². The first-order valence-electron chi connectivity index (χ1n) is 13.3. The zero-order valence-electron chi connectivity index (χ0n) is 24.4. The Morgan fingerprint density at radius 1 is 1.31 bits per heavy atom. The summed E-state index contributed by atoms with van der Waals surface area (Å²) in [4.78, 5) is 57.2. The molecular weight excluding hydrogens is 619 g/mol. The molecule has 19 nitrogen and oxygen atoms in total. The molecule has 2 unspecified atom stereocenters. The van der Waals surface area contributed by atoms with Crippen LogP contribution in [-0.2, 0) is 40.7 Å². The lowest BCUT2D eigenvalue weighted by atomic mass is 9.98.